The number of rotatable bonds is 4. The van der Waals surface area contributed by atoms with Gasteiger partial charge in [0.15, 0.2) is 0 Å². The molecule has 1 N–H and O–H groups in total. The Hall–Kier alpha value is -1.31. The molecule has 0 saturated heterocycles. The minimum Gasteiger partial charge on any atom is -0.481 e. The van der Waals surface area contributed by atoms with Crippen molar-refractivity contribution in [1.82, 2.24) is 0 Å². The van der Waals surface area contributed by atoms with Gasteiger partial charge in [0.25, 0.3) is 0 Å². The predicted octanol–water partition coefficient (Wildman–Crippen LogP) is 2.83. The van der Waals surface area contributed by atoms with Crippen LogP contribution in [0.25, 0.3) is 0 Å². The SMILES string of the molecule is CCC(C)c1ccc(CC(=O)O)cc1. The van der Waals surface area contributed by atoms with Crippen LogP contribution in [0.15, 0.2) is 24.3 Å². The van der Waals surface area contributed by atoms with Gasteiger partial charge in [0.1, 0.15) is 0 Å². The maximum atomic E-state index is 10.4. The number of carboxylic acid groups (broad SMARTS) is 1. The normalized spacial score (nSPS) is 12.4. The Morgan fingerprint density at radius 1 is 1.36 bits per heavy atom. The number of carbonyl (C=O) groups is 1. The van der Waals surface area contributed by atoms with E-state index in [1.54, 1.807) is 0 Å². The number of hydrogen-bond acceptors (Lipinski definition) is 1. The molecule has 0 fully saturated rings. The van der Waals surface area contributed by atoms with Crippen molar-refractivity contribution in [3.63, 3.8) is 0 Å². The highest BCUT2D eigenvalue weighted by Crippen LogP contribution is 2.18. The Morgan fingerprint density at radius 2 is 1.93 bits per heavy atom. The topological polar surface area (TPSA) is 37.3 Å². The van der Waals surface area contributed by atoms with Crippen LogP contribution in [0.4, 0.5) is 0 Å². The molecule has 1 atom stereocenters. The Bertz CT molecular complexity index is 301. The molecule has 0 saturated carbocycles. The largest absolute Gasteiger partial charge is 0.481 e. The summed E-state index contributed by atoms with van der Waals surface area (Å²) in [4.78, 5) is 10.4. The van der Waals surface area contributed by atoms with Gasteiger partial charge in [-0.05, 0) is 23.5 Å². The molecule has 0 spiro atoms. The van der Waals surface area contributed by atoms with Crippen LogP contribution in [0.5, 0.6) is 0 Å². The van der Waals surface area contributed by atoms with Gasteiger partial charge in [-0.2, -0.15) is 0 Å². The van der Waals surface area contributed by atoms with Crippen LogP contribution in [0.3, 0.4) is 0 Å². The van der Waals surface area contributed by atoms with Gasteiger partial charge >= 0.3 is 5.97 Å². The first-order valence-corrected chi connectivity index (χ1v) is 4.94. The monoisotopic (exact) mass is 192 g/mol. The molecule has 1 aromatic carbocycles. The first-order valence-electron chi connectivity index (χ1n) is 4.94. The molecule has 0 aliphatic rings. The summed E-state index contributed by atoms with van der Waals surface area (Å²) < 4.78 is 0. The maximum absolute atomic E-state index is 10.4. The van der Waals surface area contributed by atoms with Crippen molar-refractivity contribution in [1.29, 1.82) is 0 Å². The van der Waals surface area contributed by atoms with Crippen molar-refractivity contribution < 1.29 is 9.90 Å². The second-order valence-electron chi connectivity index (χ2n) is 3.62. The molecule has 0 heterocycles. The molecule has 1 rings (SSSR count). The number of benzene rings is 1. The third-order valence-electron chi connectivity index (χ3n) is 2.52. The van der Waals surface area contributed by atoms with Gasteiger partial charge in [0, 0.05) is 0 Å². The molecular weight excluding hydrogens is 176 g/mol. The van der Waals surface area contributed by atoms with Crippen LogP contribution in [0, 0.1) is 0 Å². The van der Waals surface area contributed by atoms with Gasteiger partial charge in [-0.3, -0.25) is 4.79 Å². The molecule has 76 valence electrons. The third-order valence-corrected chi connectivity index (χ3v) is 2.52. The molecule has 0 radical (unpaired) electrons. The Labute approximate surface area is 84.6 Å². The van der Waals surface area contributed by atoms with Crippen molar-refractivity contribution >= 4 is 5.97 Å². The van der Waals surface area contributed by atoms with Crippen LogP contribution in [-0.2, 0) is 11.2 Å². The summed E-state index contributed by atoms with van der Waals surface area (Å²) in [5.74, 6) is -0.227. The molecule has 2 heteroatoms. The van der Waals surface area contributed by atoms with E-state index in [-0.39, 0.29) is 6.42 Å². The highest BCUT2D eigenvalue weighted by molar-refractivity contribution is 5.70. The zero-order valence-electron chi connectivity index (χ0n) is 8.66. The summed E-state index contributed by atoms with van der Waals surface area (Å²) in [5, 5.41) is 8.59. The molecule has 1 unspecified atom stereocenters. The van der Waals surface area contributed by atoms with Crippen LogP contribution in [0.2, 0.25) is 0 Å². The van der Waals surface area contributed by atoms with Gasteiger partial charge in [0.2, 0.25) is 0 Å². The Kier molecular flexibility index (Phi) is 3.69. The fourth-order valence-corrected chi connectivity index (χ4v) is 1.37. The average Bonchev–Trinajstić information content (AvgIpc) is 2.17. The summed E-state index contributed by atoms with van der Waals surface area (Å²) >= 11 is 0. The van der Waals surface area contributed by atoms with Gasteiger partial charge in [-0.15, -0.1) is 0 Å². The first-order chi connectivity index (χ1) is 6.63. The lowest BCUT2D eigenvalue weighted by atomic mass is 9.97. The van der Waals surface area contributed by atoms with E-state index in [4.69, 9.17) is 5.11 Å². The lowest BCUT2D eigenvalue weighted by Gasteiger charge is -2.08. The van der Waals surface area contributed by atoms with E-state index in [0.717, 1.165) is 12.0 Å². The summed E-state index contributed by atoms with van der Waals surface area (Å²) in [6, 6.07) is 7.84. The predicted molar refractivity (Wildman–Crippen MR) is 56.5 cm³/mol. The zero-order valence-corrected chi connectivity index (χ0v) is 8.66. The van der Waals surface area contributed by atoms with E-state index in [1.807, 2.05) is 24.3 Å². The van der Waals surface area contributed by atoms with Crippen molar-refractivity contribution in [3.05, 3.63) is 35.4 Å². The molecule has 0 bridgehead atoms. The molecule has 0 amide bonds. The van der Waals surface area contributed by atoms with Crippen molar-refractivity contribution in [3.8, 4) is 0 Å². The third kappa shape index (κ3) is 2.87. The van der Waals surface area contributed by atoms with Gasteiger partial charge in [0.05, 0.1) is 6.42 Å². The summed E-state index contributed by atoms with van der Waals surface area (Å²) in [5.41, 5.74) is 2.14. The smallest absolute Gasteiger partial charge is 0.307 e. The second-order valence-corrected chi connectivity index (χ2v) is 3.62. The highest BCUT2D eigenvalue weighted by atomic mass is 16.4. The Balaban J connectivity index is 2.73. The minimum absolute atomic E-state index is 0.112. The number of aliphatic carboxylic acids is 1. The average molecular weight is 192 g/mol. The Morgan fingerprint density at radius 3 is 2.36 bits per heavy atom. The minimum atomic E-state index is -0.777. The quantitative estimate of drug-likeness (QED) is 0.796. The number of carboxylic acids is 1. The molecule has 2 nitrogen and oxygen atoms in total. The summed E-state index contributed by atoms with van der Waals surface area (Å²) in [7, 11) is 0. The van der Waals surface area contributed by atoms with E-state index in [2.05, 4.69) is 13.8 Å². The van der Waals surface area contributed by atoms with Gasteiger partial charge < -0.3 is 5.11 Å². The van der Waals surface area contributed by atoms with E-state index in [9.17, 15) is 4.79 Å². The van der Waals surface area contributed by atoms with E-state index < -0.39 is 5.97 Å². The lowest BCUT2D eigenvalue weighted by Crippen LogP contribution is -2.00. The van der Waals surface area contributed by atoms with Crippen molar-refractivity contribution in [2.75, 3.05) is 0 Å². The standard InChI is InChI=1S/C12H16O2/c1-3-9(2)11-6-4-10(5-7-11)8-12(13)14/h4-7,9H,3,8H2,1-2H3,(H,13,14). The maximum Gasteiger partial charge on any atom is 0.307 e. The highest BCUT2D eigenvalue weighted by Gasteiger charge is 2.03. The fourth-order valence-electron chi connectivity index (χ4n) is 1.37. The van der Waals surface area contributed by atoms with Crippen molar-refractivity contribution in [2.24, 2.45) is 0 Å². The molecule has 0 aliphatic carbocycles. The summed E-state index contributed by atoms with van der Waals surface area (Å²) in [6.07, 6.45) is 1.22. The van der Waals surface area contributed by atoms with Crippen LogP contribution in [0.1, 0.15) is 37.3 Å². The second kappa shape index (κ2) is 4.80. The van der Waals surface area contributed by atoms with E-state index in [1.165, 1.54) is 5.56 Å². The van der Waals surface area contributed by atoms with E-state index >= 15 is 0 Å². The lowest BCUT2D eigenvalue weighted by molar-refractivity contribution is -0.136. The molecule has 1 aromatic rings. The van der Waals surface area contributed by atoms with Gasteiger partial charge in [-0.1, -0.05) is 38.1 Å². The number of hydrogen-bond donors (Lipinski definition) is 1. The van der Waals surface area contributed by atoms with Crippen LogP contribution >= 0.6 is 0 Å². The molecule has 14 heavy (non-hydrogen) atoms. The molecule has 0 aromatic heterocycles. The van der Waals surface area contributed by atoms with Crippen molar-refractivity contribution in [2.45, 2.75) is 32.6 Å². The molecule has 0 aliphatic heterocycles. The molecular formula is C12H16O2. The summed E-state index contributed by atoms with van der Waals surface area (Å²) in [6.45, 7) is 4.32. The van der Waals surface area contributed by atoms with Crippen LogP contribution < -0.4 is 0 Å². The van der Waals surface area contributed by atoms with Gasteiger partial charge in [-0.25, -0.2) is 0 Å². The zero-order chi connectivity index (χ0) is 10.6. The van der Waals surface area contributed by atoms with E-state index in [0.29, 0.717) is 5.92 Å². The van der Waals surface area contributed by atoms with Crippen LogP contribution in [-0.4, -0.2) is 11.1 Å². The fraction of sp³-hybridized carbons (Fsp3) is 0.417. The first kappa shape index (κ1) is 10.8.